The van der Waals surface area contributed by atoms with E-state index in [1.165, 1.54) is 16.9 Å². The number of hydrogen-bond donors (Lipinski definition) is 1. The average Bonchev–Trinajstić information content (AvgIpc) is 2.95. The molecule has 0 spiro atoms. The molecule has 0 saturated carbocycles. The van der Waals surface area contributed by atoms with Gasteiger partial charge in [0.1, 0.15) is 4.21 Å². The van der Waals surface area contributed by atoms with Gasteiger partial charge in [0.25, 0.3) is 0 Å². The highest BCUT2D eigenvalue weighted by Crippen LogP contribution is 2.48. The molecule has 0 radical (unpaired) electrons. The number of rotatable bonds is 4. The van der Waals surface area contributed by atoms with Crippen molar-refractivity contribution in [3.05, 3.63) is 34.2 Å². The normalized spacial score (nSPS) is 16.5. The van der Waals surface area contributed by atoms with Crippen LogP contribution < -0.4 is 4.90 Å². The highest BCUT2D eigenvalue weighted by Gasteiger charge is 2.33. The summed E-state index contributed by atoms with van der Waals surface area (Å²) in [6.45, 7) is 4.85. The minimum absolute atomic E-state index is 0.0411. The molecule has 6 heteroatoms. The molecule has 0 bridgehead atoms. The van der Waals surface area contributed by atoms with Gasteiger partial charge in [-0.25, -0.2) is 4.21 Å². The van der Waals surface area contributed by atoms with Crippen LogP contribution in [0.25, 0.3) is 0 Å². The molecule has 1 N–H and O–H groups in total. The molecular formula is C16H18ClNO2S2. The second kappa shape index (κ2) is 6.32. The number of aryl methyl sites for hydroxylation is 1. The van der Waals surface area contributed by atoms with Crippen molar-refractivity contribution < 1.29 is 9.32 Å². The largest absolute Gasteiger partial charge is 0.392 e. The van der Waals surface area contributed by atoms with Crippen LogP contribution >= 0.6 is 22.9 Å². The van der Waals surface area contributed by atoms with Gasteiger partial charge in [0.05, 0.1) is 33.7 Å². The molecule has 0 fully saturated rings. The first-order valence-electron chi connectivity index (χ1n) is 7.16. The maximum absolute atomic E-state index is 12.9. The third-order valence-corrected chi connectivity index (χ3v) is 7.14. The van der Waals surface area contributed by atoms with Gasteiger partial charge in [-0.05, 0) is 42.8 Å². The Balaban J connectivity index is 2.24. The van der Waals surface area contributed by atoms with Crippen molar-refractivity contribution in [1.29, 1.82) is 0 Å². The third-order valence-electron chi connectivity index (χ3n) is 4.06. The number of hydrogen-bond acceptors (Lipinski definition) is 4. The fraction of sp³-hybridized carbons (Fsp3) is 0.375. The van der Waals surface area contributed by atoms with Crippen molar-refractivity contribution in [3.8, 4) is 0 Å². The fourth-order valence-electron chi connectivity index (χ4n) is 2.81. The highest BCUT2D eigenvalue weighted by atomic mass is 35.5. The molecule has 3 rings (SSSR count). The molecule has 0 aliphatic carbocycles. The van der Waals surface area contributed by atoms with Crippen molar-refractivity contribution >= 4 is 45.1 Å². The van der Waals surface area contributed by atoms with Gasteiger partial charge in [-0.15, -0.1) is 22.9 Å². The summed E-state index contributed by atoms with van der Waals surface area (Å²) in [5, 5.41) is 11.5. The van der Waals surface area contributed by atoms with E-state index in [0.717, 1.165) is 44.6 Å². The van der Waals surface area contributed by atoms with E-state index in [2.05, 4.69) is 18.7 Å². The first-order chi connectivity index (χ1) is 10.6. The van der Waals surface area contributed by atoms with Crippen molar-refractivity contribution in [2.75, 3.05) is 17.3 Å². The summed E-state index contributed by atoms with van der Waals surface area (Å²) >= 11 is 7.35. The number of aliphatic hydroxyl groups is 1. The second-order valence-corrected chi connectivity index (χ2v) is 8.27. The smallest absolute Gasteiger partial charge is 0.120 e. The number of fused-ring (bicyclic) bond motifs is 2. The van der Waals surface area contributed by atoms with E-state index >= 15 is 0 Å². The molecule has 1 aromatic heterocycles. The van der Waals surface area contributed by atoms with Crippen LogP contribution in [0.15, 0.2) is 26.6 Å². The van der Waals surface area contributed by atoms with Crippen LogP contribution in [0.4, 0.5) is 11.4 Å². The average molecular weight is 356 g/mol. The Morgan fingerprint density at radius 1 is 1.32 bits per heavy atom. The minimum Gasteiger partial charge on any atom is -0.392 e. The zero-order valence-corrected chi connectivity index (χ0v) is 14.9. The van der Waals surface area contributed by atoms with Gasteiger partial charge in [0, 0.05) is 18.0 Å². The molecule has 2 heterocycles. The van der Waals surface area contributed by atoms with Crippen molar-refractivity contribution in [2.24, 2.45) is 0 Å². The lowest BCUT2D eigenvalue weighted by Crippen LogP contribution is -2.26. The van der Waals surface area contributed by atoms with E-state index in [1.807, 2.05) is 17.5 Å². The fourth-order valence-corrected chi connectivity index (χ4v) is 5.73. The predicted molar refractivity (Wildman–Crippen MR) is 93.2 cm³/mol. The number of nitrogens with zero attached hydrogens (tertiary/aromatic N) is 1. The molecule has 118 valence electrons. The van der Waals surface area contributed by atoms with Crippen LogP contribution in [0, 0.1) is 13.8 Å². The standard InChI is InChI=1S/C16H18ClNO2S2/c1-10-4-5-13-14(11(10)2)18(7-3-6-17)15-12(8-19)9-21-16(15)22(13)20/h4-5,9,19H,3,6-8H2,1-2H3. The van der Waals surface area contributed by atoms with E-state index in [4.69, 9.17) is 11.6 Å². The van der Waals surface area contributed by atoms with Gasteiger partial charge in [0.15, 0.2) is 0 Å². The Kier molecular flexibility index (Phi) is 4.59. The van der Waals surface area contributed by atoms with Gasteiger partial charge in [0.2, 0.25) is 0 Å². The van der Waals surface area contributed by atoms with Gasteiger partial charge in [-0.2, -0.15) is 0 Å². The molecule has 1 aliphatic rings. The molecule has 1 aliphatic heterocycles. The van der Waals surface area contributed by atoms with Gasteiger partial charge in [-0.1, -0.05) is 6.07 Å². The van der Waals surface area contributed by atoms with Crippen LogP contribution in [-0.4, -0.2) is 21.7 Å². The lowest BCUT2D eigenvalue weighted by Gasteiger charge is -2.33. The van der Waals surface area contributed by atoms with Crippen LogP contribution in [0.3, 0.4) is 0 Å². The summed E-state index contributed by atoms with van der Waals surface area (Å²) in [5.74, 6) is 0.577. The quantitative estimate of drug-likeness (QED) is 0.839. The zero-order chi connectivity index (χ0) is 15.9. The summed E-state index contributed by atoms with van der Waals surface area (Å²) in [6, 6.07) is 3.99. The zero-order valence-electron chi connectivity index (χ0n) is 12.6. The Bertz CT molecular complexity index is 742. The van der Waals surface area contributed by atoms with Gasteiger partial charge >= 0.3 is 0 Å². The Morgan fingerprint density at radius 3 is 2.77 bits per heavy atom. The van der Waals surface area contributed by atoms with E-state index < -0.39 is 10.8 Å². The van der Waals surface area contributed by atoms with Crippen molar-refractivity contribution in [1.82, 2.24) is 0 Å². The number of anilines is 2. The monoisotopic (exact) mass is 355 g/mol. The summed E-state index contributed by atoms with van der Waals surface area (Å²) < 4.78 is 13.7. The minimum atomic E-state index is -1.18. The first-order valence-corrected chi connectivity index (χ1v) is 9.73. The van der Waals surface area contributed by atoms with Crippen LogP contribution in [0.2, 0.25) is 0 Å². The van der Waals surface area contributed by atoms with Crippen LogP contribution in [-0.2, 0) is 17.4 Å². The molecule has 1 aromatic carbocycles. The highest BCUT2D eigenvalue weighted by molar-refractivity contribution is 7.87. The van der Waals surface area contributed by atoms with Gasteiger partial charge in [-0.3, -0.25) is 0 Å². The second-order valence-electron chi connectivity index (χ2n) is 5.37. The number of aliphatic hydroxyl groups excluding tert-OH is 1. The summed E-state index contributed by atoms with van der Waals surface area (Å²) in [5.41, 5.74) is 5.09. The summed E-state index contributed by atoms with van der Waals surface area (Å²) in [7, 11) is -1.18. The molecule has 0 amide bonds. The van der Waals surface area contributed by atoms with Gasteiger partial charge < -0.3 is 10.0 Å². The van der Waals surface area contributed by atoms with E-state index in [1.54, 1.807) is 0 Å². The molecular weight excluding hydrogens is 338 g/mol. The molecule has 0 saturated heterocycles. The van der Waals surface area contributed by atoms with Crippen molar-refractivity contribution in [3.63, 3.8) is 0 Å². The molecule has 2 aromatic rings. The van der Waals surface area contributed by atoms with E-state index in [-0.39, 0.29) is 6.61 Å². The topological polar surface area (TPSA) is 40.5 Å². The SMILES string of the molecule is Cc1ccc2c(c1C)N(CCCCl)c1c(CO)csc1S2=O. The van der Waals surface area contributed by atoms with Crippen LogP contribution in [0.5, 0.6) is 0 Å². The maximum atomic E-state index is 12.9. The van der Waals surface area contributed by atoms with Crippen molar-refractivity contribution in [2.45, 2.75) is 36.0 Å². The number of alkyl halides is 1. The molecule has 1 atom stereocenters. The number of thiophene rings is 1. The Labute approximate surface area is 142 Å². The van der Waals surface area contributed by atoms with E-state index in [9.17, 15) is 9.32 Å². The maximum Gasteiger partial charge on any atom is 0.120 e. The molecule has 1 unspecified atom stereocenters. The third kappa shape index (κ3) is 2.40. The van der Waals surface area contributed by atoms with E-state index in [0.29, 0.717) is 5.88 Å². The van der Waals surface area contributed by atoms with Crippen LogP contribution in [0.1, 0.15) is 23.1 Å². The Morgan fingerprint density at radius 2 is 2.09 bits per heavy atom. The summed E-state index contributed by atoms with van der Waals surface area (Å²) in [4.78, 5) is 3.05. The lowest BCUT2D eigenvalue weighted by atomic mass is 10.1. The first kappa shape index (κ1) is 16.0. The lowest BCUT2D eigenvalue weighted by molar-refractivity contribution is 0.282. The predicted octanol–water partition coefficient (Wildman–Crippen LogP) is 4.10. The molecule has 3 nitrogen and oxygen atoms in total. The summed E-state index contributed by atoms with van der Waals surface area (Å²) in [6.07, 6.45) is 0.834. The Hall–Kier alpha value is -0.880. The number of halogens is 1. The molecule has 22 heavy (non-hydrogen) atoms. The number of benzene rings is 1.